The van der Waals surface area contributed by atoms with Gasteiger partial charge in [0.25, 0.3) is 0 Å². The lowest BCUT2D eigenvalue weighted by atomic mass is 10.1. The molecule has 0 saturated carbocycles. The number of hydrogen-bond acceptors (Lipinski definition) is 6. The minimum Gasteiger partial charge on any atom is -0.466 e. The van der Waals surface area contributed by atoms with Gasteiger partial charge in [-0.25, -0.2) is 14.6 Å². The van der Waals surface area contributed by atoms with Gasteiger partial charge in [-0.3, -0.25) is 0 Å². The fraction of sp³-hybridized carbons (Fsp3) is 0.389. The van der Waals surface area contributed by atoms with Crippen LogP contribution in [0.15, 0.2) is 29.6 Å². The number of carbonyl (C=O) groups is 2. The highest BCUT2D eigenvalue weighted by Crippen LogP contribution is 2.24. The molecule has 1 heterocycles. The van der Waals surface area contributed by atoms with E-state index >= 15 is 0 Å². The van der Waals surface area contributed by atoms with Gasteiger partial charge in [0.15, 0.2) is 6.10 Å². The normalized spacial score (nSPS) is 12.0. The van der Waals surface area contributed by atoms with Crippen LogP contribution in [-0.4, -0.2) is 30.1 Å². The molecule has 0 aliphatic heterocycles. The smallest absolute Gasteiger partial charge is 0.347 e. The summed E-state index contributed by atoms with van der Waals surface area (Å²) in [5.41, 5.74) is 2.30. The molecule has 6 heteroatoms. The van der Waals surface area contributed by atoms with Crippen LogP contribution >= 0.6 is 11.3 Å². The number of carbonyl (C=O) groups excluding carboxylic acids is 2. The summed E-state index contributed by atoms with van der Waals surface area (Å²) in [7, 11) is 1.29. The molecule has 0 aliphatic rings. The summed E-state index contributed by atoms with van der Waals surface area (Å²) in [5, 5.41) is 2.88. The van der Waals surface area contributed by atoms with Crippen molar-refractivity contribution in [3.8, 4) is 10.6 Å². The molecule has 1 aromatic heterocycles. The molecule has 0 fully saturated rings. The third-order valence-electron chi connectivity index (χ3n) is 3.39. The summed E-state index contributed by atoms with van der Waals surface area (Å²) in [6.07, 6.45) is -0.460. The standard InChI is InChI=1S/C18H21NO4S/c1-11(2)9-15(18(21)22-4)23-17(20)14-7-5-13(6-8-14)16-19-12(3)10-24-16/h5-8,10-11,15H,9H2,1-4H3. The fourth-order valence-corrected chi connectivity index (χ4v) is 2.99. The molecular formula is C18H21NO4S. The van der Waals surface area contributed by atoms with Gasteiger partial charge in [-0.05, 0) is 31.4 Å². The summed E-state index contributed by atoms with van der Waals surface area (Å²) in [4.78, 5) is 28.4. The number of hydrogen-bond donors (Lipinski definition) is 0. The van der Waals surface area contributed by atoms with E-state index < -0.39 is 18.0 Å². The van der Waals surface area contributed by atoms with Crippen LogP contribution in [0, 0.1) is 12.8 Å². The molecule has 128 valence electrons. The summed E-state index contributed by atoms with van der Waals surface area (Å²) >= 11 is 1.55. The Hall–Kier alpha value is -2.21. The van der Waals surface area contributed by atoms with E-state index in [-0.39, 0.29) is 5.92 Å². The lowest BCUT2D eigenvalue weighted by Gasteiger charge is -2.17. The lowest BCUT2D eigenvalue weighted by molar-refractivity contribution is -0.151. The average molecular weight is 347 g/mol. The van der Waals surface area contributed by atoms with Crippen LogP contribution in [0.25, 0.3) is 10.6 Å². The minimum atomic E-state index is -0.885. The van der Waals surface area contributed by atoms with Crippen molar-refractivity contribution < 1.29 is 19.1 Å². The van der Waals surface area contributed by atoms with Crippen molar-refractivity contribution >= 4 is 23.3 Å². The second kappa shape index (κ2) is 8.06. The van der Waals surface area contributed by atoms with E-state index in [0.29, 0.717) is 12.0 Å². The van der Waals surface area contributed by atoms with Crippen molar-refractivity contribution in [1.82, 2.24) is 4.98 Å². The SMILES string of the molecule is COC(=O)C(CC(C)C)OC(=O)c1ccc(-c2nc(C)cs2)cc1. The molecule has 1 aromatic carbocycles. The van der Waals surface area contributed by atoms with Crippen LogP contribution < -0.4 is 0 Å². The van der Waals surface area contributed by atoms with E-state index in [1.807, 2.05) is 38.3 Å². The van der Waals surface area contributed by atoms with Crippen LogP contribution in [0.2, 0.25) is 0 Å². The van der Waals surface area contributed by atoms with Crippen LogP contribution in [0.5, 0.6) is 0 Å². The maximum absolute atomic E-state index is 12.3. The number of benzene rings is 1. The average Bonchev–Trinajstić information content (AvgIpc) is 2.99. The van der Waals surface area contributed by atoms with Crippen molar-refractivity contribution in [1.29, 1.82) is 0 Å². The molecule has 5 nitrogen and oxygen atoms in total. The highest BCUT2D eigenvalue weighted by atomic mass is 32.1. The van der Waals surface area contributed by atoms with Gasteiger partial charge in [0, 0.05) is 16.6 Å². The highest BCUT2D eigenvalue weighted by Gasteiger charge is 2.25. The maximum Gasteiger partial charge on any atom is 0.347 e. The Morgan fingerprint density at radius 1 is 1.21 bits per heavy atom. The predicted molar refractivity (Wildman–Crippen MR) is 93.0 cm³/mol. The Kier molecular flexibility index (Phi) is 6.09. The van der Waals surface area contributed by atoms with Crippen molar-refractivity contribution in [2.45, 2.75) is 33.3 Å². The van der Waals surface area contributed by atoms with Gasteiger partial charge >= 0.3 is 11.9 Å². The van der Waals surface area contributed by atoms with Crippen LogP contribution in [0.3, 0.4) is 0 Å². The molecule has 0 radical (unpaired) electrons. The zero-order chi connectivity index (χ0) is 17.7. The Balaban J connectivity index is 2.09. The highest BCUT2D eigenvalue weighted by molar-refractivity contribution is 7.13. The van der Waals surface area contributed by atoms with Crippen molar-refractivity contribution in [2.24, 2.45) is 5.92 Å². The monoisotopic (exact) mass is 347 g/mol. The van der Waals surface area contributed by atoms with Crippen molar-refractivity contribution in [3.63, 3.8) is 0 Å². The molecule has 2 rings (SSSR count). The summed E-state index contributed by atoms with van der Waals surface area (Å²) in [5.74, 6) is -0.864. The first-order valence-corrected chi connectivity index (χ1v) is 8.60. The largest absolute Gasteiger partial charge is 0.466 e. The number of methoxy groups -OCH3 is 1. The molecule has 2 aromatic rings. The van der Waals surface area contributed by atoms with Crippen LogP contribution in [-0.2, 0) is 14.3 Å². The third kappa shape index (κ3) is 4.64. The van der Waals surface area contributed by atoms with Gasteiger partial charge in [-0.15, -0.1) is 11.3 Å². The third-order valence-corrected chi connectivity index (χ3v) is 4.39. The molecule has 1 atom stereocenters. The van der Waals surface area contributed by atoms with Crippen molar-refractivity contribution in [2.75, 3.05) is 7.11 Å². The van der Waals surface area contributed by atoms with Gasteiger partial charge in [-0.1, -0.05) is 26.0 Å². The Labute approximate surface area is 145 Å². The quantitative estimate of drug-likeness (QED) is 0.742. The first kappa shape index (κ1) is 18.1. The second-order valence-corrected chi connectivity index (χ2v) is 6.78. The molecule has 0 amide bonds. The molecule has 0 spiro atoms. The van der Waals surface area contributed by atoms with E-state index in [1.165, 1.54) is 7.11 Å². The molecule has 0 saturated heterocycles. The van der Waals surface area contributed by atoms with E-state index in [0.717, 1.165) is 16.3 Å². The number of rotatable bonds is 6. The number of aryl methyl sites for hydroxylation is 1. The van der Waals surface area contributed by atoms with E-state index in [1.54, 1.807) is 23.5 Å². The van der Waals surface area contributed by atoms with Gasteiger partial charge in [0.05, 0.1) is 12.7 Å². The molecule has 0 bridgehead atoms. The Morgan fingerprint density at radius 2 is 1.88 bits per heavy atom. The maximum atomic E-state index is 12.3. The Bertz CT molecular complexity index is 706. The first-order valence-electron chi connectivity index (χ1n) is 7.72. The molecule has 0 aliphatic carbocycles. The topological polar surface area (TPSA) is 65.5 Å². The summed E-state index contributed by atoms with van der Waals surface area (Å²) < 4.78 is 10.0. The van der Waals surface area contributed by atoms with E-state index in [9.17, 15) is 9.59 Å². The number of nitrogens with zero attached hydrogens (tertiary/aromatic N) is 1. The zero-order valence-corrected chi connectivity index (χ0v) is 15.1. The molecule has 0 N–H and O–H groups in total. The zero-order valence-electron chi connectivity index (χ0n) is 14.2. The van der Waals surface area contributed by atoms with Crippen molar-refractivity contribution in [3.05, 3.63) is 40.9 Å². The van der Waals surface area contributed by atoms with Crippen LogP contribution in [0.1, 0.15) is 36.3 Å². The molecule has 24 heavy (non-hydrogen) atoms. The van der Waals surface area contributed by atoms with Gasteiger partial charge in [0.2, 0.25) is 0 Å². The van der Waals surface area contributed by atoms with Gasteiger partial charge < -0.3 is 9.47 Å². The lowest BCUT2D eigenvalue weighted by Crippen LogP contribution is -2.29. The molecule has 1 unspecified atom stereocenters. The summed E-state index contributed by atoms with van der Waals surface area (Å²) in [6.45, 7) is 5.84. The Morgan fingerprint density at radius 3 is 2.38 bits per heavy atom. The molecular weight excluding hydrogens is 326 g/mol. The number of thiazole rings is 1. The summed E-state index contributed by atoms with van der Waals surface area (Å²) in [6, 6.07) is 7.01. The number of ether oxygens (including phenoxy) is 2. The van der Waals surface area contributed by atoms with E-state index in [4.69, 9.17) is 9.47 Å². The van der Waals surface area contributed by atoms with Gasteiger partial charge in [-0.2, -0.15) is 0 Å². The first-order chi connectivity index (χ1) is 11.4. The van der Waals surface area contributed by atoms with Gasteiger partial charge in [0.1, 0.15) is 5.01 Å². The number of esters is 2. The second-order valence-electron chi connectivity index (χ2n) is 5.92. The predicted octanol–water partition coefficient (Wildman–Crippen LogP) is 3.86. The minimum absolute atomic E-state index is 0.206. The fourth-order valence-electron chi connectivity index (χ4n) is 2.18. The van der Waals surface area contributed by atoms with Crippen LogP contribution in [0.4, 0.5) is 0 Å². The van der Waals surface area contributed by atoms with E-state index in [2.05, 4.69) is 4.98 Å². The number of aromatic nitrogens is 1.